The second kappa shape index (κ2) is 9.56. The van der Waals surface area contributed by atoms with Crippen LogP contribution in [0.5, 0.6) is 11.6 Å². The molecule has 0 saturated carbocycles. The van der Waals surface area contributed by atoms with Crippen LogP contribution < -0.4 is 10.1 Å². The van der Waals surface area contributed by atoms with Crippen LogP contribution in [0.15, 0.2) is 24.3 Å². The number of hydrogen-bond donors (Lipinski definition) is 1. The Labute approximate surface area is 157 Å². The quantitative estimate of drug-likeness (QED) is 0.419. The first-order valence-electron chi connectivity index (χ1n) is 10.3. The highest BCUT2D eigenvalue weighted by molar-refractivity contribution is 5.75. The van der Waals surface area contributed by atoms with Crippen molar-refractivity contribution in [2.24, 2.45) is 0 Å². The molecule has 0 bridgehead atoms. The van der Waals surface area contributed by atoms with Gasteiger partial charge in [0, 0.05) is 6.42 Å². The Balaban J connectivity index is 1.78. The zero-order chi connectivity index (χ0) is 18.2. The number of hydrogen-bond acceptors (Lipinski definition) is 4. The van der Waals surface area contributed by atoms with Crippen LogP contribution in [0.2, 0.25) is 0 Å². The highest BCUT2D eigenvalue weighted by atomic mass is 16.5. The molecule has 0 atom stereocenters. The molecule has 2 heterocycles. The summed E-state index contributed by atoms with van der Waals surface area (Å²) in [4.78, 5) is 9.62. The lowest BCUT2D eigenvalue weighted by molar-refractivity contribution is 0.454. The molecule has 26 heavy (non-hydrogen) atoms. The van der Waals surface area contributed by atoms with E-state index in [-0.39, 0.29) is 0 Å². The van der Waals surface area contributed by atoms with Crippen LogP contribution in [0.3, 0.4) is 0 Å². The van der Waals surface area contributed by atoms with E-state index in [0.717, 1.165) is 54.3 Å². The summed E-state index contributed by atoms with van der Waals surface area (Å²) in [6.07, 6.45) is 11.8. The Hall–Kier alpha value is -2.10. The number of rotatable bonds is 10. The molecule has 140 valence electrons. The number of aryl methyl sites for hydroxylation is 2. The maximum Gasteiger partial charge on any atom is 0.247 e. The van der Waals surface area contributed by atoms with E-state index in [1.165, 1.54) is 38.5 Å². The summed E-state index contributed by atoms with van der Waals surface area (Å²) in [6, 6.07) is 8.03. The van der Waals surface area contributed by atoms with Gasteiger partial charge in [-0.05, 0) is 31.4 Å². The minimum absolute atomic E-state index is 0.690. The molecule has 0 amide bonds. The molecule has 1 aromatic heterocycles. The summed E-state index contributed by atoms with van der Waals surface area (Å²) in [5.41, 5.74) is 3.05. The normalized spacial score (nSPS) is 12.1. The molecule has 2 aromatic rings. The van der Waals surface area contributed by atoms with Gasteiger partial charge < -0.3 is 10.1 Å². The average Bonchev–Trinajstić information content (AvgIpc) is 2.67. The third-order valence-corrected chi connectivity index (χ3v) is 4.87. The highest BCUT2D eigenvalue weighted by Gasteiger charge is 2.22. The Morgan fingerprint density at radius 1 is 0.846 bits per heavy atom. The van der Waals surface area contributed by atoms with Crippen molar-refractivity contribution < 1.29 is 4.74 Å². The summed E-state index contributed by atoms with van der Waals surface area (Å²) >= 11 is 0. The van der Waals surface area contributed by atoms with Crippen molar-refractivity contribution >= 4 is 11.4 Å². The number of unbranched alkanes of at least 4 members (excludes halogenated alkanes) is 6. The van der Waals surface area contributed by atoms with Gasteiger partial charge in [0.15, 0.2) is 5.75 Å². The van der Waals surface area contributed by atoms with Crippen LogP contribution in [-0.4, -0.2) is 9.97 Å². The molecule has 0 aliphatic carbocycles. The van der Waals surface area contributed by atoms with Crippen molar-refractivity contribution in [2.45, 2.75) is 78.1 Å². The summed E-state index contributed by atoms with van der Waals surface area (Å²) in [5.74, 6) is 2.45. The zero-order valence-corrected chi connectivity index (χ0v) is 16.2. The Kier molecular flexibility index (Phi) is 6.87. The third-order valence-electron chi connectivity index (χ3n) is 4.87. The molecule has 1 aromatic carbocycles. The second-order valence-electron chi connectivity index (χ2n) is 7.11. The van der Waals surface area contributed by atoms with Gasteiger partial charge in [-0.25, -0.2) is 4.98 Å². The van der Waals surface area contributed by atoms with Crippen molar-refractivity contribution in [1.29, 1.82) is 0 Å². The van der Waals surface area contributed by atoms with E-state index in [1.54, 1.807) is 0 Å². The van der Waals surface area contributed by atoms with Gasteiger partial charge in [0.05, 0.1) is 11.4 Å². The number of nitrogens with zero attached hydrogens (tertiary/aromatic N) is 2. The lowest BCUT2D eigenvalue weighted by Crippen LogP contribution is -2.11. The topological polar surface area (TPSA) is 47.0 Å². The first kappa shape index (κ1) is 18.7. The van der Waals surface area contributed by atoms with E-state index in [2.05, 4.69) is 19.2 Å². The van der Waals surface area contributed by atoms with Crippen molar-refractivity contribution in [3.63, 3.8) is 0 Å². The number of benzene rings is 1. The molecule has 1 aliphatic rings. The van der Waals surface area contributed by atoms with Crippen LogP contribution in [0.4, 0.5) is 11.4 Å². The van der Waals surface area contributed by atoms with Crippen LogP contribution in [0, 0.1) is 0 Å². The molecule has 0 saturated heterocycles. The zero-order valence-electron chi connectivity index (χ0n) is 16.2. The fraction of sp³-hybridized carbons (Fsp3) is 0.545. The van der Waals surface area contributed by atoms with Crippen LogP contribution in [0.25, 0.3) is 0 Å². The molecule has 0 spiro atoms. The predicted molar refractivity (Wildman–Crippen MR) is 108 cm³/mol. The first-order valence-corrected chi connectivity index (χ1v) is 10.3. The van der Waals surface area contributed by atoms with Crippen LogP contribution in [-0.2, 0) is 12.8 Å². The van der Waals surface area contributed by atoms with E-state index < -0.39 is 0 Å². The molecule has 1 N–H and O–H groups in total. The molecule has 3 rings (SSSR count). The van der Waals surface area contributed by atoms with E-state index >= 15 is 0 Å². The summed E-state index contributed by atoms with van der Waals surface area (Å²) < 4.78 is 6.10. The average molecular weight is 354 g/mol. The van der Waals surface area contributed by atoms with Crippen molar-refractivity contribution in [3.8, 4) is 11.6 Å². The summed E-state index contributed by atoms with van der Waals surface area (Å²) in [5, 5.41) is 3.50. The third kappa shape index (κ3) is 4.75. The van der Waals surface area contributed by atoms with Gasteiger partial charge in [-0.15, -0.1) is 0 Å². The van der Waals surface area contributed by atoms with Crippen molar-refractivity contribution in [1.82, 2.24) is 9.97 Å². The SMILES string of the molecule is CCCCCCc1nc(CCCCCC)c2c(n1)Oc1ccccc1N2. The van der Waals surface area contributed by atoms with Gasteiger partial charge in [-0.1, -0.05) is 64.5 Å². The van der Waals surface area contributed by atoms with Gasteiger partial charge >= 0.3 is 0 Å². The van der Waals surface area contributed by atoms with Gasteiger partial charge in [-0.3, -0.25) is 0 Å². The lowest BCUT2D eigenvalue weighted by atomic mass is 10.1. The van der Waals surface area contributed by atoms with Gasteiger partial charge in [0.25, 0.3) is 0 Å². The number of aromatic nitrogens is 2. The Morgan fingerprint density at radius 2 is 1.58 bits per heavy atom. The number of para-hydroxylation sites is 2. The predicted octanol–water partition coefficient (Wildman–Crippen LogP) is 6.57. The molecular weight excluding hydrogens is 322 g/mol. The number of anilines is 2. The maximum atomic E-state index is 6.10. The standard InChI is InChI=1S/C22H31N3O/c1-3-5-7-9-14-18-21-22(25-20(23-18)16-10-8-6-4-2)26-19-15-12-11-13-17(19)24-21/h11-13,15,24H,3-10,14,16H2,1-2H3. The Morgan fingerprint density at radius 3 is 2.35 bits per heavy atom. The smallest absolute Gasteiger partial charge is 0.247 e. The van der Waals surface area contributed by atoms with E-state index in [0.29, 0.717) is 5.88 Å². The molecule has 4 heteroatoms. The monoisotopic (exact) mass is 353 g/mol. The number of fused-ring (bicyclic) bond motifs is 2. The first-order chi connectivity index (χ1) is 12.8. The molecular formula is C22H31N3O. The maximum absolute atomic E-state index is 6.10. The molecule has 1 aliphatic heterocycles. The van der Waals surface area contributed by atoms with E-state index in [1.807, 2.05) is 24.3 Å². The van der Waals surface area contributed by atoms with E-state index in [4.69, 9.17) is 14.7 Å². The fourth-order valence-electron chi connectivity index (χ4n) is 3.35. The fourth-order valence-corrected chi connectivity index (χ4v) is 3.35. The molecule has 0 radical (unpaired) electrons. The molecule has 0 fully saturated rings. The van der Waals surface area contributed by atoms with Crippen LogP contribution in [0.1, 0.15) is 76.7 Å². The van der Waals surface area contributed by atoms with Gasteiger partial charge in [0.1, 0.15) is 11.5 Å². The molecule has 4 nitrogen and oxygen atoms in total. The summed E-state index contributed by atoms with van der Waals surface area (Å²) in [6.45, 7) is 4.48. The minimum Gasteiger partial charge on any atom is -0.435 e. The van der Waals surface area contributed by atoms with E-state index in [9.17, 15) is 0 Å². The number of ether oxygens (including phenoxy) is 1. The van der Waals surface area contributed by atoms with Crippen LogP contribution >= 0.6 is 0 Å². The van der Waals surface area contributed by atoms with Gasteiger partial charge in [0.2, 0.25) is 5.88 Å². The molecule has 0 unspecified atom stereocenters. The number of nitrogens with one attached hydrogen (secondary N) is 1. The van der Waals surface area contributed by atoms with Gasteiger partial charge in [-0.2, -0.15) is 4.98 Å². The largest absolute Gasteiger partial charge is 0.435 e. The van der Waals surface area contributed by atoms with Crippen molar-refractivity contribution in [3.05, 3.63) is 35.8 Å². The second-order valence-corrected chi connectivity index (χ2v) is 7.11. The highest BCUT2D eigenvalue weighted by Crippen LogP contribution is 2.42. The minimum atomic E-state index is 0.690. The summed E-state index contributed by atoms with van der Waals surface area (Å²) in [7, 11) is 0. The van der Waals surface area contributed by atoms with Crippen molar-refractivity contribution in [2.75, 3.05) is 5.32 Å². The lowest BCUT2D eigenvalue weighted by Gasteiger charge is -2.23. The Bertz CT molecular complexity index is 715.